The summed E-state index contributed by atoms with van der Waals surface area (Å²) in [5.74, 6) is -0.0694. The number of fused-ring (bicyclic) bond motifs is 1. The molecule has 2 heterocycles. The van der Waals surface area contributed by atoms with Crippen LogP contribution in [0.25, 0.3) is 22.2 Å². The zero-order valence-corrected chi connectivity index (χ0v) is 15.6. The van der Waals surface area contributed by atoms with Crippen LogP contribution in [-0.2, 0) is 6.54 Å². The molecule has 4 rings (SSSR count). The summed E-state index contributed by atoms with van der Waals surface area (Å²) >= 11 is 0. The molecule has 0 fully saturated rings. The van der Waals surface area contributed by atoms with Crippen molar-refractivity contribution >= 4 is 16.8 Å². The van der Waals surface area contributed by atoms with Crippen molar-refractivity contribution in [3.63, 3.8) is 0 Å². The average molecular weight is 374 g/mol. The van der Waals surface area contributed by atoms with Gasteiger partial charge in [-0.1, -0.05) is 12.1 Å². The van der Waals surface area contributed by atoms with Crippen LogP contribution in [0.15, 0.2) is 65.3 Å². The van der Waals surface area contributed by atoms with E-state index >= 15 is 0 Å². The maximum atomic E-state index is 13.8. The Kier molecular flexibility index (Phi) is 4.65. The largest absolute Gasteiger partial charge is 0.467 e. The lowest BCUT2D eigenvalue weighted by Gasteiger charge is -2.11. The predicted octanol–water partition coefficient (Wildman–Crippen LogP) is 5.18. The van der Waals surface area contributed by atoms with Crippen molar-refractivity contribution in [1.82, 2.24) is 10.3 Å². The Hall–Kier alpha value is -3.47. The van der Waals surface area contributed by atoms with Gasteiger partial charge in [-0.25, -0.2) is 9.37 Å². The molecule has 0 saturated carbocycles. The number of rotatable bonds is 4. The van der Waals surface area contributed by atoms with Crippen molar-refractivity contribution in [2.75, 3.05) is 0 Å². The summed E-state index contributed by atoms with van der Waals surface area (Å²) in [6.07, 6.45) is 1.55. The fourth-order valence-electron chi connectivity index (χ4n) is 3.11. The van der Waals surface area contributed by atoms with E-state index in [9.17, 15) is 9.18 Å². The number of benzene rings is 2. The number of pyridine rings is 1. The molecular formula is C23H19FN2O2. The lowest BCUT2D eigenvalue weighted by Crippen LogP contribution is -2.23. The summed E-state index contributed by atoms with van der Waals surface area (Å²) in [7, 11) is 0. The summed E-state index contributed by atoms with van der Waals surface area (Å²) in [6, 6.07) is 15.6. The molecule has 0 saturated heterocycles. The number of carbonyl (C=O) groups excluding carboxylic acids is 1. The monoisotopic (exact) mass is 374 g/mol. The third-order valence-corrected chi connectivity index (χ3v) is 4.82. The first kappa shape index (κ1) is 17.9. The Bertz CT molecular complexity index is 1170. The number of aryl methyl sites for hydroxylation is 2. The summed E-state index contributed by atoms with van der Waals surface area (Å²) in [6.45, 7) is 4.33. The summed E-state index contributed by atoms with van der Waals surface area (Å²) < 4.78 is 19.1. The number of hydrogen-bond donors (Lipinski definition) is 1. The van der Waals surface area contributed by atoms with E-state index in [0.717, 1.165) is 11.1 Å². The molecule has 2 aromatic heterocycles. The highest BCUT2D eigenvalue weighted by Gasteiger charge is 2.15. The van der Waals surface area contributed by atoms with Crippen LogP contribution in [0, 0.1) is 19.7 Å². The van der Waals surface area contributed by atoms with Crippen LogP contribution < -0.4 is 5.32 Å². The molecule has 1 N–H and O–H groups in total. The molecule has 2 aromatic carbocycles. The number of nitrogens with zero attached hydrogens (tertiary/aromatic N) is 1. The minimum absolute atomic E-state index is 0.254. The first-order valence-electron chi connectivity index (χ1n) is 9.00. The molecule has 0 aliphatic rings. The molecule has 140 valence electrons. The van der Waals surface area contributed by atoms with Crippen molar-refractivity contribution < 1.29 is 13.6 Å². The van der Waals surface area contributed by atoms with Gasteiger partial charge in [0.25, 0.3) is 5.91 Å². The number of halogens is 1. The van der Waals surface area contributed by atoms with Crippen LogP contribution in [-0.4, -0.2) is 10.9 Å². The van der Waals surface area contributed by atoms with E-state index < -0.39 is 5.82 Å². The molecule has 28 heavy (non-hydrogen) atoms. The van der Waals surface area contributed by atoms with Crippen LogP contribution in [0.2, 0.25) is 0 Å². The SMILES string of the molecule is Cc1ccc(-c2cc(C(=O)NCc3ccco3)c3cc(F)ccc3n2)cc1C. The van der Waals surface area contributed by atoms with Gasteiger partial charge in [-0.3, -0.25) is 4.79 Å². The molecule has 0 aliphatic carbocycles. The molecule has 0 atom stereocenters. The molecular weight excluding hydrogens is 355 g/mol. The molecule has 0 aliphatic heterocycles. The van der Waals surface area contributed by atoms with Crippen molar-refractivity contribution in [3.8, 4) is 11.3 Å². The quantitative estimate of drug-likeness (QED) is 0.535. The van der Waals surface area contributed by atoms with Gasteiger partial charge in [-0.2, -0.15) is 0 Å². The van der Waals surface area contributed by atoms with Crippen molar-refractivity contribution in [3.05, 3.63) is 89.1 Å². The Labute approximate surface area is 162 Å². The summed E-state index contributed by atoms with van der Waals surface area (Å²) in [5.41, 5.74) is 4.86. The normalized spacial score (nSPS) is 11.0. The Morgan fingerprint density at radius 3 is 2.68 bits per heavy atom. The molecule has 0 radical (unpaired) electrons. The second-order valence-corrected chi connectivity index (χ2v) is 6.78. The van der Waals surface area contributed by atoms with Gasteiger partial charge >= 0.3 is 0 Å². The third-order valence-electron chi connectivity index (χ3n) is 4.82. The zero-order valence-electron chi connectivity index (χ0n) is 15.6. The Balaban J connectivity index is 1.79. The van der Waals surface area contributed by atoms with Gasteiger partial charge in [0.15, 0.2) is 0 Å². The molecule has 0 spiro atoms. The number of carbonyl (C=O) groups is 1. The maximum absolute atomic E-state index is 13.8. The minimum Gasteiger partial charge on any atom is -0.467 e. The van der Waals surface area contributed by atoms with E-state index in [-0.39, 0.29) is 12.5 Å². The maximum Gasteiger partial charge on any atom is 0.252 e. The van der Waals surface area contributed by atoms with E-state index in [1.54, 1.807) is 30.5 Å². The number of amides is 1. The summed E-state index contributed by atoms with van der Waals surface area (Å²) in [4.78, 5) is 17.5. The van der Waals surface area contributed by atoms with Gasteiger partial charge in [0.05, 0.1) is 29.6 Å². The second-order valence-electron chi connectivity index (χ2n) is 6.78. The first-order chi connectivity index (χ1) is 13.5. The van der Waals surface area contributed by atoms with Gasteiger partial charge < -0.3 is 9.73 Å². The van der Waals surface area contributed by atoms with Crippen molar-refractivity contribution in [1.29, 1.82) is 0 Å². The first-order valence-corrected chi connectivity index (χ1v) is 9.00. The number of aromatic nitrogens is 1. The molecule has 5 heteroatoms. The van der Waals surface area contributed by atoms with Crippen molar-refractivity contribution in [2.45, 2.75) is 20.4 Å². The highest BCUT2D eigenvalue weighted by Crippen LogP contribution is 2.27. The van der Waals surface area contributed by atoms with Crippen LogP contribution in [0.5, 0.6) is 0 Å². The fourth-order valence-corrected chi connectivity index (χ4v) is 3.11. The number of hydrogen-bond acceptors (Lipinski definition) is 3. The molecule has 4 aromatic rings. The minimum atomic E-state index is -0.409. The van der Waals surface area contributed by atoms with Crippen LogP contribution in [0.1, 0.15) is 27.2 Å². The van der Waals surface area contributed by atoms with Gasteiger partial charge in [0, 0.05) is 10.9 Å². The third kappa shape index (κ3) is 3.51. The average Bonchev–Trinajstić information content (AvgIpc) is 3.21. The van der Waals surface area contributed by atoms with Crippen molar-refractivity contribution in [2.24, 2.45) is 0 Å². The van der Waals surface area contributed by atoms with Gasteiger partial charge in [-0.05, 0) is 67.4 Å². The van der Waals surface area contributed by atoms with Crippen LogP contribution in [0.3, 0.4) is 0 Å². The number of nitrogens with one attached hydrogen (secondary N) is 1. The topological polar surface area (TPSA) is 55.1 Å². The molecule has 0 unspecified atom stereocenters. The standard InChI is InChI=1S/C23H19FN2O2/c1-14-5-6-16(10-15(14)2)22-12-20(19-11-17(24)7-8-21(19)26-22)23(27)25-13-18-4-3-9-28-18/h3-12H,13H2,1-2H3,(H,25,27). The lowest BCUT2D eigenvalue weighted by atomic mass is 10.0. The molecule has 1 amide bonds. The lowest BCUT2D eigenvalue weighted by molar-refractivity contribution is 0.0949. The van der Waals surface area contributed by atoms with Crippen LogP contribution in [0.4, 0.5) is 4.39 Å². The van der Waals surface area contributed by atoms with E-state index in [4.69, 9.17) is 4.42 Å². The predicted molar refractivity (Wildman–Crippen MR) is 106 cm³/mol. The Morgan fingerprint density at radius 2 is 1.93 bits per heavy atom. The highest BCUT2D eigenvalue weighted by molar-refractivity contribution is 6.07. The summed E-state index contributed by atoms with van der Waals surface area (Å²) in [5, 5.41) is 3.31. The zero-order chi connectivity index (χ0) is 19.7. The van der Waals surface area contributed by atoms with Gasteiger partial charge in [-0.15, -0.1) is 0 Å². The number of furan rings is 1. The van der Waals surface area contributed by atoms with Crippen LogP contribution >= 0.6 is 0 Å². The smallest absolute Gasteiger partial charge is 0.252 e. The molecule has 4 nitrogen and oxygen atoms in total. The van der Waals surface area contributed by atoms with Gasteiger partial charge in [0.1, 0.15) is 11.6 Å². The van der Waals surface area contributed by atoms with E-state index in [0.29, 0.717) is 27.9 Å². The van der Waals surface area contributed by atoms with Gasteiger partial charge in [0.2, 0.25) is 0 Å². The van der Waals surface area contributed by atoms with E-state index in [2.05, 4.69) is 10.3 Å². The highest BCUT2D eigenvalue weighted by atomic mass is 19.1. The van der Waals surface area contributed by atoms with E-state index in [1.807, 2.05) is 32.0 Å². The Morgan fingerprint density at radius 1 is 1.07 bits per heavy atom. The second kappa shape index (κ2) is 7.27. The molecule has 0 bridgehead atoms. The van der Waals surface area contributed by atoms with E-state index in [1.165, 1.54) is 17.7 Å². The fraction of sp³-hybridized carbons (Fsp3) is 0.130.